The highest BCUT2D eigenvalue weighted by atomic mass is 19.4. The second-order valence-corrected chi connectivity index (χ2v) is 4.67. The van der Waals surface area contributed by atoms with Crippen molar-refractivity contribution in [2.24, 2.45) is 7.05 Å². The molecule has 0 radical (unpaired) electrons. The van der Waals surface area contributed by atoms with Crippen molar-refractivity contribution in [2.45, 2.75) is 12.4 Å². The standard InChI is InChI=1S/C13H8F7N3O/c1-23-10(8(14)9(22-23)13(18,19)20)21-11(24)6-3-2-4-7(5-6)12(15,16)17/h2-5H,1H3,(H,21,24). The van der Waals surface area contributed by atoms with Gasteiger partial charge in [0, 0.05) is 12.6 Å². The summed E-state index contributed by atoms with van der Waals surface area (Å²) in [6.45, 7) is 0. The predicted octanol–water partition coefficient (Wildman–Crippen LogP) is 3.85. The van der Waals surface area contributed by atoms with E-state index in [2.05, 4.69) is 5.10 Å². The third-order valence-electron chi connectivity index (χ3n) is 2.94. The van der Waals surface area contributed by atoms with Crippen LogP contribution in [0.4, 0.5) is 36.6 Å². The zero-order chi connectivity index (χ0) is 18.3. The molecule has 1 aromatic heterocycles. The monoisotopic (exact) mass is 355 g/mol. The van der Waals surface area contributed by atoms with Crippen molar-refractivity contribution in [3.63, 3.8) is 0 Å². The molecule has 1 heterocycles. The summed E-state index contributed by atoms with van der Waals surface area (Å²) >= 11 is 0. The number of carbonyl (C=O) groups excluding carboxylic acids is 1. The maximum Gasteiger partial charge on any atom is 0.438 e. The van der Waals surface area contributed by atoms with Gasteiger partial charge in [-0.15, -0.1) is 0 Å². The van der Waals surface area contributed by atoms with Crippen molar-refractivity contribution in [2.75, 3.05) is 5.32 Å². The van der Waals surface area contributed by atoms with E-state index in [0.717, 1.165) is 19.2 Å². The number of nitrogens with zero attached hydrogens (tertiary/aromatic N) is 2. The van der Waals surface area contributed by atoms with Gasteiger partial charge in [0.15, 0.2) is 11.6 Å². The second-order valence-electron chi connectivity index (χ2n) is 4.67. The summed E-state index contributed by atoms with van der Waals surface area (Å²) in [5.74, 6) is -3.95. The molecule has 1 aromatic carbocycles. The van der Waals surface area contributed by atoms with Crippen LogP contribution in [0.1, 0.15) is 21.6 Å². The quantitative estimate of drug-likeness (QED) is 0.832. The molecule has 0 bridgehead atoms. The minimum absolute atomic E-state index is 0.434. The van der Waals surface area contributed by atoms with Crippen molar-refractivity contribution in [3.8, 4) is 0 Å². The van der Waals surface area contributed by atoms with Gasteiger partial charge >= 0.3 is 12.4 Å². The van der Waals surface area contributed by atoms with Crippen LogP contribution < -0.4 is 5.32 Å². The van der Waals surface area contributed by atoms with Gasteiger partial charge < -0.3 is 5.32 Å². The van der Waals surface area contributed by atoms with Crippen molar-refractivity contribution < 1.29 is 35.5 Å². The zero-order valence-corrected chi connectivity index (χ0v) is 11.8. The van der Waals surface area contributed by atoms with Gasteiger partial charge in [-0.25, -0.2) is 9.07 Å². The third-order valence-corrected chi connectivity index (χ3v) is 2.94. The van der Waals surface area contributed by atoms with Crippen molar-refractivity contribution in [1.29, 1.82) is 0 Å². The van der Waals surface area contributed by atoms with Crippen LogP contribution in [0.3, 0.4) is 0 Å². The molecule has 0 aliphatic carbocycles. The Balaban J connectivity index is 2.33. The van der Waals surface area contributed by atoms with Crippen molar-refractivity contribution in [1.82, 2.24) is 9.78 Å². The van der Waals surface area contributed by atoms with Crippen molar-refractivity contribution >= 4 is 11.7 Å². The molecular formula is C13H8F7N3O. The molecule has 0 unspecified atom stereocenters. The van der Waals surface area contributed by atoms with E-state index in [4.69, 9.17) is 0 Å². The first-order valence-corrected chi connectivity index (χ1v) is 6.19. The Kier molecular flexibility index (Phi) is 4.29. The summed E-state index contributed by atoms with van der Waals surface area (Å²) in [5.41, 5.74) is -3.47. The fourth-order valence-corrected chi connectivity index (χ4v) is 1.83. The molecule has 1 N–H and O–H groups in total. The van der Waals surface area contributed by atoms with Gasteiger partial charge in [0.2, 0.25) is 5.69 Å². The number of hydrogen-bond acceptors (Lipinski definition) is 2. The molecule has 4 nitrogen and oxygen atoms in total. The van der Waals surface area contributed by atoms with E-state index in [-0.39, 0.29) is 0 Å². The zero-order valence-electron chi connectivity index (χ0n) is 11.8. The number of anilines is 1. The fraction of sp³-hybridized carbons (Fsp3) is 0.231. The Labute approximate surface area is 129 Å². The smallest absolute Gasteiger partial charge is 0.304 e. The molecule has 0 saturated carbocycles. The molecule has 2 rings (SSSR count). The molecule has 11 heteroatoms. The minimum Gasteiger partial charge on any atom is -0.304 e. The van der Waals surface area contributed by atoms with Gasteiger partial charge in [-0.05, 0) is 18.2 Å². The average molecular weight is 355 g/mol. The van der Waals surface area contributed by atoms with Crippen LogP contribution in [0.25, 0.3) is 0 Å². The van der Waals surface area contributed by atoms with Gasteiger partial charge in [0.1, 0.15) is 0 Å². The summed E-state index contributed by atoms with van der Waals surface area (Å²) in [5, 5.41) is 4.69. The molecule has 0 atom stereocenters. The summed E-state index contributed by atoms with van der Waals surface area (Å²) in [6, 6.07) is 3.15. The van der Waals surface area contributed by atoms with Gasteiger partial charge in [-0.1, -0.05) is 6.07 Å². The Morgan fingerprint density at radius 1 is 1.12 bits per heavy atom. The SMILES string of the molecule is Cn1nc(C(F)(F)F)c(F)c1NC(=O)c1cccc(C(F)(F)F)c1. The van der Waals surface area contributed by atoms with Crippen LogP contribution in [0.15, 0.2) is 24.3 Å². The average Bonchev–Trinajstić information content (AvgIpc) is 2.74. The number of aromatic nitrogens is 2. The van der Waals surface area contributed by atoms with E-state index in [1.54, 1.807) is 5.32 Å². The normalized spacial score (nSPS) is 12.3. The summed E-state index contributed by atoms with van der Waals surface area (Å²) in [4.78, 5) is 11.9. The molecule has 0 saturated heterocycles. The lowest BCUT2D eigenvalue weighted by Gasteiger charge is -2.09. The minimum atomic E-state index is -5.08. The number of alkyl halides is 6. The van der Waals surface area contributed by atoms with E-state index in [1.807, 2.05) is 0 Å². The maximum atomic E-state index is 13.7. The van der Waals surface area contributed by atoms with Crippen LogP contribution in [0.5, 0.6) is 0 Å². The number of nitrogens with one attached hydrogen (secondary N) is 1. The summed E-state index contributed by atoms with van der Waals surface area (Å²) < 4.78 is 89.5. The number of hydrogen-bond donors (Lipinski definition) is 1. The first-order valence-electron chi connectivity index (χ1n) is 6.19. The highest BCUT2D eigenvalue weighted by Crippen LogP contribution is 2.33. The van der Waals surface area contributed by atoms with E-state index < -0.39 is 46.7 Å². The molecule has 24 heavy (non-hydrogen) atoms. The first kappa shape index (κ1) is 17.8. The molecule has 0 aliphatic rings. The lowest BCUT2D eigenvalue weighted by molar-refractivity contribution is -0.143. The van der Waals surface area contributed by atoms with E-state index in [1.165, 1.54) is 0 Å². The number of amides is 1. The van der Waals surface area contributed by atoms with E-state index >= 15 is 0 Å². The van der Waals surface area contributed by atoms with E-state index in [0.29, 0.717) is 16.8 Å². The Morgan fingerprint density at radius 2 is 1.75 bits per heavy atom. The summed E-state index contributed by atoms with van der Waals surface area (Å²) in [7, 11) is 0.945. The second kappa shape index (κ2) is 5.80. The van der Waals surface area contributed by atoms with Gasteiger partial charge in [-0.3, -0.25) is 4.79 Å². The number of rotatable bonds is 2. The Bertz CT molecular complexity index is 777. The largest absolute Gasteiger partial charge is 0.438 e. The van der Waals surface area contributed by atoms with Crippen LogP contribution in [0.2, 0.25) is 0 Å². The van der Waals surface area contributed by atoms with Crippen molar-refractivity contribution in [3.05, 3.63) is 46.9 Å². The molecule has 0 spiro atoms. The molecule has 1 amide bonds. The number of aryl methyl sites for hydroxylation is 1. The maximum absolute atomic E-state index is 13.7. The fourth-order valence-electron chi connectivity index (χ4n) is 1.83. The van der Waals surface area contributed by atoms with E-state index in [9.17, 15) is 35.5 Å². The molecular weight excluding hydrogens is 347 g/mol. The lowest BCUT2D eigenvalue weighted by Crippen LogP contribution is -2.16. The number of carbonyl (C=O) groups is 1. The molecule has 0 aliphatic heterocycles. The topological polar surface area (TPSA) is 46.9 Å². The highest BCUT2D eigenvalue weighted by molar-refractivity contribution is 6.04. The number of halogens is 7. The molecule has 2 aromatic rings. The van der Waals surface area contributed by atoms with Crippen LogP contribution in [-0.2, 0) is 19.4 Å². The van der Waals surface area contributed by atoms with Gasteiger partial charge in [-0.2, -0.15) is 31.4 Å². The van der Waals surface area contributed by atoms with Crippen LogP contribution in [0, 0.1) is 5.82 Å². The lowest BCUT2D eigenvalue weighted by atomic mass is 10.1. The van der Waals surface area contributed by atoms with Crippen LogP contribution >= 0.6 is 0 Å². The Morgan fingerprint density at radius 3 is 2.25 bits per heavy atom. The molecule has 0 fully saturated rings. The number of benzene rings is 1. The predicted molar refractivity (Wildman–Crippen MR) is 67.6 cm³/mol. The molecule has 130 valence electrons. The summed E-state index contributed by atoms with van der Waals surface area (Å²) in [6.07, 6.45) is -9.79. The van der Waals surface area contributed by atoms with Gasteiger partial charge in [0.05, 0.1) is 5.56 Å². The van der Waals surface area contributed by atoms with Gasteiger partial charge in [0.25, 0.3) is 5.91 Å². The van der Waals surface area contributed by atoms with Crippen LogP contribution in [-0.4, -0.2) is 15.7 Å². The third kappa shape index (κ3) is 3.49. The highest BCUT2D eigenvalue weighted by Gasteiger charge is 2.40. The first-order chi connectivity index (χ1) is 10.9. The Hall–Kier alpha value is -2.59.